The zero-order valence-corrected chi connectivity index (χ0v) is 11.2. The number of nitrogens with zero attached hydrogens (tertiary/aromatic N) is 4. The molecule has 2 N–H and O–H groups in total. The lowest BCUT2D eigenvalue weighted by Gasteiger charge is -2.01. The van der Waals surface area contributed by atoms with E-state index in [0.717, 1.165) is 5.56 Å². The maximum absolute atomic E-state index is 6.07. The van der Waals surface area contributed by atoms with Crippen LogP contribution >= 0.6 is 11.3 Å². The first-order valence-electron chi connectivity index (χ1n) is 5.81. The summed E-state index contributed by atoms with van der Waals surface area (Å²) in [4.78, 5) is 5.53. The first-order chi connectivity index (χ1) is 9.22. The SMILES string of the molecule is Cn1cc(C(N)c2nc(Cc3cccs3)no2)cn1. The molecular formula is C12H13N5OS. The van der Waals surface area contributed by atoms with Crippen LogP contribution < -0.4 is 5.73 Å². The summed E-state index contributed by atoms with van der Waals surface area (Å²) in [7, 11) is 1.84. The Balaban J connectivity index is 1.77. The quantitative estimate of drug-likeness (QED) is 0.780. The summed E-state index contributed by atoms with van der Waals surface area (Å²) in [5.41, 5.74) is 6.92. The molecule has 3 rings (SSSR count). The zero-order valence-electron chi connectivity index (χ0n) is 10.4. The lowest BCUT2D eigenvalue weighted by Crippen LogP contribution is -2.11. The predicted octanol–water partition coefficient (Wildman–Crippen LogP) is 1.50. The van der Waals surface area contributed by atoms with E-state index in [0.29, 0.717) is 18.1 Å². The molecule has 3 heterocycles. The van der Waals surface area contributed by atoms with Gasteiger partial charge < -0.3 is 10.3 Å². The van der Waals surface area contributed by atoms with Crippen molar-refractivity contribution in [2.24, 2.45) is 12.8 Å². The maximum atomic E-state index is 6.07. The Morgan fingerprint density at radius 3 is 3.11 bits per heavy atom. The smallest absolute Gasteiger partial charge is 0.248 e. The number of rotatable bonds is 4. The maximum Gasteiger partial charge on any atom is 0.248 e. The molecule has 3 aromatic rings. The molecule has 0 aliphatic heterocycles. The molecule has 0 aliphatic carbocycles. The standard InChI is InChI=1S/C12H13N5OS/c1-17-7-8(6-14-17)11(13)12-15-10(16-18-12)5-9-3-2-4-19-9/h2-4,6-7,11H,5,13H2,1H3. The van der Waals surface area contributed by atoms with Crippen LogP contribution in [0.25, 0.3) is 0 Å². The molecule has 3 aromatic heterocycles. The van der Waals surface area contributed by atoms with Gasteiger partial charge in [-0.3, -0.25) is 4.68 Å². The molecule has 0 spiro atoms. The largest absolute Gasteiger partial charge is 0.337 e. The van der Waals surface area contributed by atoms with Gasteiger partial charge in [-0.2, -0.15) is 10.1 Å². The fourth-order valence-electron chi connectivity index (χ4n) is 1.78. The number of aryl methyl sites for hydroxylation is 1. The highest BCUT2D eigenvalue weighted by atomic mass is 32.1. The lowest BCUT2D eigenvalue weighted by molar-refractivity contribution is 0.363. The van der Waals surface area contributed by atoms with Crippen LogP contribution in [0.4, 0.5) is 0 Å². The average Bonchev–Trinajstić information content (AvgIpc) is 3.10. The Labute approximate surface area is 113 Å². The van der Waals surface area contributed by atoms with Gasteiger partial charge in [0.05, 0.1) is 6.20 Å². The predicted molar refractivity (Wildman–Crippen MR) is 70.7 cm³/mol. The van der Waals surface area contributed by atoms with Crippen molar-refractivity contribution in [3.63, 3.8) is 0 Å². The van der Waals surface area contributed by atoms with Gasteiger partial charge in [-0.15, -0.1) is 11.3 Å². The summed E-state index contributed by atoms with van der Waals surface area (Å²) in [6, 6.07) is 3.61. The second kappa shape index (κ2) is 4.94. The lowest BCUT2D eigenvalue weighted by atomic mass is 10.2. The van der Waals surface area contributed by atoms with Crippen molar-refractivity contribution in [3.8, 4) is 0 Å². The van der Waals surface area contributed by atoms with Crippen LogP contribution in [0.3, 0.4) is 0 Å². The molecule has 0 bridgehead atoms. The molecular weight excluding hydrogens is 262 g/mol. The molecule has 0 aromatic carbocycles. The summed E-state index contributed by atoms with van der Waals surface area (Å²) in [5.74, 6) is 1.07. The number of hydrogen-bond donors (Lipinski definition) is 1. The summed E-state index contributed by atoms with van der Waals surface area (Å²) in [5, 5.41) is 10.1. The second-order valence-electron chi connectivity index (χ2n) is 4.23. The fraction of sp³-hybridized carbons (Fsp3) is 0.250. The first-order valence-corrected chi connectivity index (χ1v) is 6.69. The van der Waals surface area contributed by atoms with Crippen LogP contribution in [0.15, 0.2) is 34.4 Å². The summed E-state index contributed by atoms with van der Waals surface area (Å²) in [6.45, 7) is 0. The van der Waals surface area contributed by atoms with Crippen molar-refractivity contribution in [2.75, 3.05) is 0 Å². The van der Waals surface area contributed by atoms with E-state index < -0.39 is 6.04 Å². The van der Waals surface area contributed by atoms with Crippen molar-refractivity contribution in [2.45, 2.75) is 12.5 Å². The molecule has 1 unspecified atom stereocenters. The van der Waals surface area contributed by atoms with E-state index in [1.807, 2.05) is 30.8 Å². The summed E-state index contributed by atoms with van der Waals surface area (Å²) in [6.07, 6.45) is 4.21. The Morgan fingerprint density at radius 1 is 1.53 bits per heavy atom. The van der Waals surface area contributed by atoms with Crippen molar-refractivity contribution in [1.29, 1.82) is 0 Å². The number of thiophene rings is 1. The van der Waals surface area contributed by atoms with Gasteiger partial charge in [-0.1, -0.05) is 11.2 Å². The molecule has 0 amide bonds. The Morgan fingerprint density at radius 2 is 2.42 bits per heavy atom. The molecule has 98 valence electrons. The van der Waals surface area contributed by atoms with Crippen LogP contribution in [-0.4, -0.2) is 19.9 Å². The molecule has 0 saturated carbocycles. The third-order valence-electron chi connectivity index (χ3n) is 2.75. The van der Waals surface area contributed by atoms with E-state index in [1.165, 1.54) is 4.88 Å². The van der Waals surface area contributed by atoms with Crippen molar-refractivity contribution in [3.05, 3.63) is 52.1 Å². The highest BCUT2D eigenvalue weighted by Crippen LogP contribution is 2.18. The molecule has 1 atom stereocenters. The number of hydrogen-bond acceptors (Lipinski definition) is 6. The number of aromatic nitrogens is 4. The minimum atomic E-state index is -0.432. The van der Waals surface area contributed by atoms with Gasteiger partial charge in [-0.25, -0.2) is 0 Å². The Kier molecular flexibility index (Phi) is 3.14. The van der Waals surface area contributed by atoms with Gasteiger partial charge in [-0.05, 0) is 11.4 Å². The van der Waals surface area contributed by atoms with Crippen molar-refractivity contribution >= 4 is 11.3 Å². The van der Waals surface area contributed by atoms with Gasteiger partial charge in [0.15, 0.2) is 5.82 Å². The fourth-order valence-corrected chi connectivity index (χ4v) is 2.48. The van der Waals surface area contributed by atoms with Crippen LogP contribution in [-0.2, 0) is 13.5 Å². The van der Waals surface area contributed by atoms with Crippen LogP contribution in [0, 0.1) is 0 Å². The third kappa shape index (κ3) is 2.56. The minimum Gasteiger partial charge on any atom is -0.337 e. The van der Waals surface area contributed by atoms with Crippen LogP contribution in [0.1, 0.15) is 28.2 Å². The Bertz CT molecular complexity index is 657. The van der Waals surface area contributed by atoms with E-state index in [2.05, 4.69) is 15.2 Å². The summed E-state index contributed by atoms with van der Waals surface area (Å²) >= 11 is 1.67. The van der Waals surface area contributed by atoms with E-state index in [9.17, 15) is 0 Å². The molecule has 0 aliphatic rings. The van der Waals surface area contributed by atoms with Crippen molar-refractivity contribution < 1.29 is 4.52 Å². The highest BCUT2D eigenvalue weighted by Gasteiger charge is 2.18. The highest BCUT2D eigenvalue weighted by molar-refractivity contribution is 7.09. The summed E-state index contributed by atoms with van der Waals surface area (Å²) < 4.78 is 6.91. The van der Waals surface area contributed by atoms with Crippen LogP contribution in [0.2, 0.25) is 0 Å². The second-order valence-corrected chi connectivity index (χ2v) is 5.26. The molecule has 0 radical (unpaired) electrons. The topological polar surface area (TPSA) is 82.8 Å². The molecule has 6 nitrogen and oxygen atoms in total. The third-order valence-corrected chi connectivity index (χ3v) is 3.62. The van der Waals surface area contributed by atoms with Crippen molar-refractivity contribution in [1.82, 2.24) is 19.9 Å². The Hall–Kier alpha value is -1.99. The van der Waals surface area contributed by atoms with Gasteiger partial charge in [0.1, 0.15) is 6.04 Å². The molecule has 7 heteroatoms. The van der Waals surface area contributed by atoms with Gasteiger partial charge in [0.2, 0.25) is 5.89 Å². The average molecular weight is 275 g/mol. The van der Waals surface area contributed by atoms with Crippen LogP contribution in [0.5, 0.6) is 0 Å². The minimum absolute atomic E-state index is 0.416. The van der Waals surface area contributed by atoms with E-state index in [4.69, 9.17) is 10.3 Å². The van der Waals surface area contributed by atoms with Gasteiger partial charge in [0, 0.05) is 30.1 Å². The van der Waals surface area contributed by atoms with E-state index >= 15 is 0 Å². The van der Waals surface area contributed by atoms with Gasteiger partial charge >= 0.3 is 0 Å². The monoisotopic (exact) mass is 275 g/mol. The van der Waals surface area contributed by atoms with E-state index in [1.54, 1.807) is 22.2 Å². The molecule has 19 heavy (non-hydrogen) atoms. The first kappa shape index (κ1) is 12.1. The normalized spacial score (nSPS) is 12.7. The number of nitrogens with two attached hydrogens (primary N) is 1. The van der Waals surface area contributed by atoms with E-state index in [-0.39, 0.29) is 0 Å². The zero-order chi connectivity index (χ0) is 13.2. The molecule has 0 fully saturated rings. The molecule has 0 saturated heterocycles. The van der Waals surface area contributed by atoms with Gasteiger partial charge in [0.25, 0.3) is 0 Å².